The third-order valence-electron chi connectivity index (χ3n) is 4.09. The van der Waals surface area contributed by atoms with Gasteiger partial charge in [-0.05, 0) is 18.4 Å². The summed E-state index contributed by atoms with van der Waals surface area (Å²) < 4.78 is 5.35. The molecule has 1 aromatic heterocycles. The van der Waals surface area contributed by atoms with E-state index in [1.54, 1.807) is 12.1 Å². The predicted octanol–water partition coefficient (Wildman–Crippen LogP) is 2.37. The van der Waals surface area contributed by atoms with Gasteiger partial charge in [0.05, 0.1) is 12.5 Å². The van der Waals surface area contributed by atoms with E-state index in [0.29, 0.717) is 11.7 Å². The Hall–Kier alpha value is -2.18. The van der Waals surface area contributed by atoms with Crippen LogP contribution >= 0.6 is 0 Å². The highest BCUT2D eigenvalue weighted by Crippen LogP contribution is 2.26. The number of hydrogen-bond donors (Lipinski definition) is 3. The molecule has 3 N–H and O–H groups in total. The van der Waals surface area contributed by atoms with E-state index in [4.69, 9.17) is 4.74 Å². The molecule has 1 aliphatic rings. The third-order valence-corrected chi connectivity index (χ3v) is 4.09. The van der Waals surface area contributed by atoms with Gasteiger partial charge in [0.1, 0.15) is 0 Å². The number of aromatic nitrogens is 2. The Morgan fingerprint density at radius 3 is 2.83 bits per heavy atom. The summed E-state index contributed by atoms with van der Waals surface area (Å²) in [5, 5.41) is 19.9. The van der Waals surface area contributed by atoms with E-state index in [-0.39, 0.29) is 12.3 Å². The first kappa shape index (κ1) is 15.7. The molecule has 3 rings (SSSR count). The highest BCUT2D eigenvalue weighted by Gasteiger charge is 2.19. The highest BCUT2D eigenvalue weighted by atomic mass is 16.5. The lowest BCUT2D eigenvalue weighted by molar-refractivity contribution is -0.118. The SMILES string of the molecule is O=C(CC(O)c1ccccc1)Nc1cc(C2CCOCC2)[nH]n1. The van der Waals surface area contributed by atoms with Gasteiger partial charge in [0.2, 0.25) is 5.91 Å². The van der Waals surface area contributed by atoms with Gasteiger partial charge in [0, 0.05) is 30.9 Å². The molecule has 1 aromatic carbocycles. The summed E-state index contributed by atoms with van der Waals surface area (Å²) in [5.74, 6) is 0.639. The fourth-order valence-corrected chi connectivity index (χ4v) is 2.78. The molecule has 0 bridgehead atoms. The Labute approximate surface area is 134 Å². The summed E-state index contributed by atoms with van der Waals surface area (Å²) in [6.07, 6.45) is 1.11. The minimum atomic E-state index is -0.815. The topological polar surface area (TPSA) is 87.2 Å². The number of benzene rings is 1. The Morgan fingerprint density at radius 1 is 1.35 bits per heavy atom. The van der Waals surface area contributed by atoms with E-state index in [1.165, 1.54) is 0 Å². The van der Waals surface area contributed by atoms with Crippen LogP contribution in [-0.4, -0.2) is 34.4 Å². The van der Waals surface area contributed by atoms with Gasteiger partial charge in [-0.25, -0.2) is 0 Å². The van der Waals surface area contributed by atoms with Crippen LogP contribution < -0.4 is 5.32 Å². The smallest absolute Gasteiger partial charge is 0.228 e. The fraction of sp³-hybridized carbons (Fsp3) is 0.412. The Bertz CT molecular complexity index is 636. The van der Waals surface area contributed by atoms with Crippen LogP contribution in [0.15, 0.2) is 36.4 Å². The van der Waals surface area contributed by atoms with Crippen molar-refractivity contribution in [2.45, 2.75) is 31.3 Å². The van der Waals surface area contributed by atoms with Gasteiger partial charge in [0.15, 0.2) is 5.82 Å². The first-order chi connectivity index (χ1) is 11.2. The van der Waals surface area contributed by atoms with Gasteiger partial charge in [-0.1, -0.05) is 30.3 Å². The lowest BCUT2D eigenvalue weighted by atomic mass is 9.97. The molecular weight excluding hydrogens is 294 g/mol. The summed E-state index contributed by atoms with van der Waals surface area (Å²) in [5.41, 5.74) is 1.75. The van der Waals surface area contributed by atoms with E-state index < -0.39 is 6.10 Å². The molecule has 0 spiro atoms. The largest absolute Gasteiger partial charge is 0.388 e. The molecule has 1 unspecified atom stereocenters. The Kier molecular flexibility index (Phi) is 5.05. The zero-order chi connectivity index (χ0) is 16.1. The van der Waals surface area contributed by atoms with Gasteiger partial charge in [-0.2, -0.15) is 5.10 Å². The number of anilines is 1. The van der Waals surface area contributed by atoms with Gasteiger partial charge in [-0.3, -0.25) is 9.89 Å². The van der Waals surface area contributed by atoms with Crippen molar-refractivity contribution in [1.82, 2.24) is 10.2 Å². The second-order valence-electron chi connectivity index (χ2n) is 5.77. The number of ether oxygens (including phenoxy) is 1. The number of aliphatic hydroxyl groups is 1. The van der Waals surface area contributed by atoms with Crippen molar-refractivity contribution in [3.63, 3.8) is 0 Å². The average Bonchev–Trinajstić information content (AvgIpc) is 3.04. The quantitative estimate of drug-likeness (QED) is 0.790. The molecule has 122 valence electrons. The van der Waals surface area contributed by atoms with Crippen molar-refractivity contribution in [2.75, 3.05) is 18.5 Å². The molecule has 6 nitrogen and oxygen atoms in total. The number of amides is 1. The van der Waals surface area contributed by atoms with E-state index in [1.807, 2.05) is 24.3 Å². The van der Waals surface area contributed by atoms with Gasteiger partial charge >= 0.3 is 0 Å². The molecule has 6 heteroatoms. The molecule has 0 saturated carbocycles. The van der Waals surface area contributed by atoms with Crippen LogP contribution in [0.3, 0.4) is 0 Å². The fourth-order valence-electron chi connectivity index (χ4n) is 2.78. The number of nitrogens with zero attached hydrogens (tertiary/aromatic N) is 1. The maximum atomic E-state index is 12.0. The maximum Gasteiger partial charge on any atom is 0.228 e. The number of aromatic amines is 1. The summed E-state index contributed by atoms with van der Waals surface area (Å²) in [6, 6.07) is 11.0. The second-order valence-corrected chi connectivity index (χ2v) is 5.77. The summed E-state index contributed by atoms with van der Waals surface area (Å²) >= 11 is 0. The molecule has 0 radical (unpaired) electrons. The normalized spacial score (nSPS) is 16.9. The molecule has 1 amide bonds. The summed E-state index contributed by atoms with van der Waals surface area (Å²) in [4.78, 5) is 12.0. The van der Waals surface area contributed by atoms with Gasteiger partial charge in [-0.15, -0.1) is 0 Å². The van der Waals surface area contributed by atoms with E-state index >= 15 is 0 Å². The first-order valence-corrected chi connectivity index (χ1v) is 7.88. The van der Waals surface area contributed by atoms with Crippen molar-refractivity contribution in [1.29, 1.82) is 0 Å². The second kappa shape index (κ2) is 7.39. The lowest BCUT2D eigenvalue weighted by Crippen LogP contribution is -2.15. The molecule has 2 aromatic rings. The zero-order valence-corrected chi connectivity index (χ0v) is 12.9. The monoisotopic (exact) mass is 315 g/mol. The Morgan fingerprint density at radius 2 is 2.09 bits per heavy atom. The first-order valence-electron chi connectivity index (χ1n) is 7.88. The zero-order valence-electron chi connectivity index (χ0n) is 12.9. The van der Waals surface area contributed by atoms with Crippen molar-refractivity contribution in [3.8, 4) is 0 Å². The predicted molar refractivity (Wildman–Crippen MR) is 86.0 cm³/mol. The van der Waals surface area contributed by atoms with Gasteiger partial charge < -0.3 is 15.2 Å². The number of nitrogens with one attached hydrogen (secondary N) is 2. The number of hydrogen-bond acceptors (Lipinski definition) is 4. The lowest BCUT2D eigenvalue weighted by Gasteiger charge is -2.20. The molecule has 2 heterocycles. The molecule has 0 aliphatic carbocycles. The van der Waals surface area contributed by atoms with Crippen molar-refractivity contribution >= 4 is 11.7 Å². The molecule has 1 atom stereocenters. The molecule has 1 fully saturated rings. The maximum absolute atomic E-state index is 12.0. The number of rotatable bonds is 5. The average molecular weight is 315 g/mol. The van der Waals surface area contributed by atoms with E-state index in [9.17, 15) is 9.90 Å². The molecule has 23 heavy (non-hydrogen) atoms. The van der Waals surface area contributed by atoms with Crippen LogP contribution in [0.25, 0.3) is 0 Å². The van der Waals surface area contributed by atoms with Gasteiger partial charge in [0.25, 0.3) is 0 Å². The molecular formula is C17H21N3O3. The minimum Gasteiger partial charge on any atom is -0.388 e. The van der Waals surface area contributed by atoms with Crippen molar-refractivity contribution < 1.29 is 14.6 Å². The minimum absolute atomic E-state index is 0.00345. The molecule has 1 aliphatic heterocycles. The van der Waals surface area contributed by atoms with Crippen LogP contribution in [0, 0.1) is 0 Å². The number of carbonyl (C=O) groups is 1. The third kappa shape index (κ3) is 4.18. The van der Waals surface area contributed by atoms with E-state index in [0.717, 1.165) is 37.3 Å². The van der Waals surface area contributed by atoms with Crippen molar-refractivity contribution in [2.24, 2.45) is 0 Å². The Balaban J connectivity index is 1.54. The standard InChI is InChI=1S/C17H21N3O3/c21-15(13-4-2-1-3-5-13)11-17(22)18-16-10-14(19-20-16)12-6-8-23-9-7-12/h1-5,10,12,15,21H,6-9,11H2,(H2,18,19,20,22). The van der Waals surface area contributed by atoms with Crippen LogP contribution in [-0.2, 0) is 9.53 Å². The summed E-state index contributed by atoms with van der Waals surface area (Å²) in [7, 11) is 0. The van der Waals surface area contributed by atoms with Crippen LogP contribution in [0.5, 0.6) is 0 Å². The van der Waals surface area contributed by atoms with E-state index in [2.05, 4.69) is 15.5 Å². The van der Waals surface area contributed by atoms with Crippen LogP contribution in [0.2, 0.25) is 0 Å². The number of aliphatic hydroxyl groups excluding tert-OH is 1. The number of carbonyl (C=O) groups excluding carboxylic acids is 1. The highest BCUT2D eigenvalue weighted by molar-refractivity contribution is 5.90. The van der Waals surface area contributed by atoms with Crippen molar-refractivity contribution in [3.05, 3.63) is 47.7 Å². The number of H-pyrrole nitrogens is 1. The molecule has 1 saturated heterocycles. The summed E-state index contributed by atoms with van der Waals surface area (Å²) in [6.45, 7) is 1.52. The van der Waals surface area contributed by atoms with Crippen LogP contribution in [0.4, 0.5) is 5.82 Å². The van der Waals surface area contributed by atoms with Crippen LogP contribution in [0.1, 0.15) is 42.5 Å².